The smallest absolute Gasteiger partial charge is 0.407 e. The minimum Gasteiger partial charge on any atom is -0.489 e. The number of aliphatic carboxylic acids is 1. The molecule has 11 heteroatoms. The predicted molar refractivity (Wildman–Crippen MR) is 131 cm³/mol. The molecule has 0 aliphatic rings. The van der Waals surface area contributed by atoms with Crippen LogP contribution in [0.2, 0.25) is 0 Å². The highest BCUT2D eigenvalue weighted by Crippen LogP contribution is 2.24. The van der Waals surface area contributed by atoms with Crippen molar-refractivity contribution in [2.75, 3.05) is 0 Å². The van der Waals surface area contributed by atoms with Crippen molar-refractivity contribution in [2.24, 2.45) is 13.0 Å². The molecule has 2 aromatic heterocycles. The summed E-state index contributed by atoms with van der Waals surface area (Å²) in [6.45, 7) is 3.57. The summed E-state index contributed by atoms with van der Waals surface area (Å²) in [5, 5.41) is 16.2. The Balaban J connectivity index is 1.58. The zero-order chi connectivity index (χ0) is 26.9. The highest BCUT2D eigenvalue weighted by molar-refractivity contribution is 5.70. The molecule has 2 atom stereocenters. The molecule has 0 bridgehead atoms. The maximum absolute atomic E-state index is 13.3. The summed E-state index contributed by atoms with van der Waals surface area (Å²) < 4.78 is 39.1. The van der Waals surface area contributed by atoms with E-state index in [1.54, 1.807) is 36.3 Å². The molecule has 0 aliphatic carbocycles. The van der Waals surface area contributed by atoms with Crippen LogP contribution in [0.1, 0.15) is 44.4 Å². The number of rotatable bonds is 12. The number of carbonyl (C=O) groups excluding carboxylic acids is 1. The fraction of sp³-hybridized carbons (Fsp3) is 0.385. The van der Waals surface area contributed by atoms with Crippen molar-refractivity contribution < 1.29 is 33.0 Å². The first-order valence-electron chi connectivity index (χ1n) is 11.9. The largest absolute Gasteiger partial charge is 0.489 e. The number of hydrogen-bond acceptors (Lipinski definition) is 6. The van der Waals surface area contributed by atoms with Crippen LogP contribution in [-0.2, 0) is 29.7 Å². The lowest BCUT2D eigenvalue weighted by Gasteiger charge is -2.18. The molecule has 3 rings (SSSR count). The van der Waals surface area contributed by atoms with E-state index < -0.39 is 29.6 Å². The number of pyridine rings is 1. The first-order valence-corrected chi connectivity index (χ1v) is 11.9. The molecule has 3 aromatic rings. The molecule has 0 saturated carbocycles. The van der Waals surface area contributed by atoms with Crippen molar-refractivity contribution >= 4 is 12.1 Å². The summed E-state index contributed by atoms with van der Waals surface area (Å²) in [5.74, 6) is -2.27. The maximum Gasteiger partial charge on any atom is 0.407 e. The predicted octanol–water partition coefficient (Wildman–Crippen LogP) is 4.85. The molecule has 0 fully saturated rings. The van der Waals surface area contributed by atoms with Crippen LogP contribution >= 0.6 is 0 Å². The average molecular weight is 517 g/mol. The molecule has 2 N–H and O–H groups in total. The molecule has 0 radical (unpaired) electrons. The second-order valence-electron chi connectivity index (χ2n) is 8.70. The number of ether oxygens (including phenoxy) is 2. The lowest BCUT2D eigenvalue weighted by atomic mass is 9.97. The minimum absolute atomic E-state index is 0.0765. The second-order valence-corrected chi connectivity index (χ2v) is 8.70. The molecular weight excluding hydrogens is 486 g/mol. The Morgan fingerprint density at radius 3 is 2.51 bits per heavy atom. The number of carbonyl (C=O) groups is 2. The first kappa shape index (κ1) is 27.6. The summed E-state index contributed by atoms with van der Waals surface area (Å²) in [6.07, 6.45) is 3.89. The fourth-order valence-corrected chi connectivity index (χ4v) is 3.92. The van der Waals surface area contributed by atoms with Gasteiger partial charge >= 0.3 is 12.1 Å². The van der Waals surface area contributed by atoms with E-state index >= 15 is 0 Å². The van der Waals surface area contributed by atoms with Crippen LogP contribution in [0.3, 0.4) is 0 Å². The number of carboxylic acid groups (broad SMARTS) is 1. The van der Waals surface area contributed by atoms with Crippen LogP contribution in [0, 0.1) is 17.6 Å². The van der Waals surface area contributed by atoms with Crippen LogP contribution in [-0.4, -0.2) is 38.0 Å². The van der Waals surface area contributed by atoms with Crippen molar-refractivity contribution in [3.8, 4) is 17.0 Å². The quantitative estimate of drug-likeness (QED) is 0.354. The SMILES string of the molecule is CCCC(C[C@H](C)Oc1ccc(-c2cnn(C)c2CNC(=O)OCc2cc(F)cc(F)c2)nc1)C(=O)O. The van der Waals surface area contributed by atoms with Gasteiger partial charge in [0, 0.05) is 18.7 Å². The van der Waals surface area contributed by atoms with Gasteiger partial charge < -0.3 is 19.9 Å². The Kier molecular flexibility index (Phi) is 9.53. The third-order valence-corrected chi connectivity index (χ3v) is 5.71. The van der Waals surface area contributed by atoms with Gasteiger partial charge in [0.2, 0.25) is 0 Å². The van der Waals surface area contributed by atoms with Crippen LogP contribution in [0.25, 0.3) is 11.3 Å². The van der Waals surface area contributed by atoms with Gasteiger partial charge in [-0.05, 0) is 49.6 Å². The van der Waals surface area contributed by atoms with Crippen molar-refractivity contribution in [3.63, 3.8) is 0 Å². The number of hydrogen-bond donors (Lipinski definition) is 2. The summed E-state index contributed by atoms with van der Waals surface area (Å²) in [7, 11) is 1.72. The zero-order valence-electron chi connectivity index (χ0n) is 20.9. The van der Waals surface area contributed by atoms with Gasteiger partial charge in [-0.2, -0.15) is 5.10 Å². The molecule has 1 aromatic carbocycles. The van der Waals surface area contributed by atoms with E-state index in [4.69, 9.17) is 9.47 Å². The fourth-order valence-electron chi connectivity index (χ4n) is 3.92. The Hall–Kier alpha value is -4.02. The molecule has 37 heavy (non-hydrogen) atoms. The summed E-state index contributed by atoms with van der Waals surface area (Å²) in [6, 6.07) is 6.41. The van der Waals surface area contributed by atoms with Gasteiger partial charge in [0.25, 0.3) is 0 Å². The minimum atomic E-state index is -0.824. The number of nitrogens with zero attached hydrogens (tertiary/aromatic N) is 3. The molecule has 0 spiro atoms. The number of amides is 1. The van der Waals surface area contributed by atoms with E-state index in [0.717, 1.165) is 24.6 Å². The van der Waals surface area contributed by atoms with Crippen LogP contribution in [0.5, 0.6) is 5.75 Å². The number of nitrogens with one attached hydrogen (secondary N) is 1. The molecule has 0 aliphatic heterocycles. The lowest BCUT2D eigenvalue weighted by molar-refractivity contribution is -0.142. The normalized spacial score (nSPS) is 12.6. The van der Waals surface area contributed by atoms with Crippen molar-refractivity contribution in [1.82, 2.24) is 20.1 Å². The number of aryl methyl sites for hydroxylation is 1. The number of halogens is 2. The topological polar surface area (TPSA) is 116 Å². The molecule has 1 amide bonds. The van der Waals surface area contributed by atoms with Gasteiger partial charge in [-0.25, -0.2) is 13.6 Å². The molecule has 0 saturated heterocycles. The zero-order valence-corrected chi connectivity index (χ0v) is 20.9. The highest BCUT2D eigenvalue weighted by atomic mass is 19.1. The number of benzene rings is 1. The van der Waals surface area contributed by atoms with Crippen molar-refractivity contribution in [3.05, 3.63) is 65.6 Å². The molecular formula is C26H30F2N4O5. The standard InChI is InChI=1S/C26H30F2N4O5/c1-4-5-18(25(33)34)8-16(2)37-21-6-7-23(29-12-21)22-13-31-32(3)24(22)14-30-26(35)36-15-17-9-19(27)11-20(28)10-17/h6-7,9-13,16,18H,4-5,8,14-15H2,1-3H3,(H,30,35)(H,33,34)/t16-,18?/m0/s1. The van der Waals surface area contributed by atoms with Gasteiger partial charge in [0.15, 0.2) is 0 Å². The van der Waals surface area contributed by atoms with E-state index in [1.165, 1.54) is 0 Å². The van der Waals surface area contributed by atoms with E-state index in [0.29, 0.717) is 35.5 Å². The molecule has 198 valence electrons. The molecule has 2 heterocycles. The third kappa shape index (κ3) is 7.99. The molecule has 1 unspecified atom stereocenters. The maximum atomic E-state index is 13.3. The van der Waals surface area contributed by atoms with Gasteiger partial charge in [-0.3, -0.25) is 14.5 Å². The number of carboxylic acids is 1. The number of alkyl carbamates (subject to hydrolysis) is 1. The highest BCUT2D eigenvalue weighted by Gasteiger charge is 2.21. The van der Waals surface area contributed by atoms with E-state index in [2.05, 4.69) is 15.4 Å². The average Bonchev–Trinajstić information content (AvgIpc) is 3.21. The van der Waals surface area contributed by atoms with Crippen LogP contribution in [0.15, 0.2) is 42.7 Å². The van der Waals surface area contributed by atoms with Crippen LogP contribution in [0.4, 0.5) is 13.6 Å². The Morgan fingerprint density at radius 2 is 1.89 bits per heavy atom. The lowest BCUT2D eigenvalue weighted by Crippen LogP contribution is -2.25. The Labute approximate surface area is 213 Å². The monoisotopic (exact) mass is 516 g/mol. The van der Waals surface area contributed by atoms with Crippen molar-refractivity contribution in [1.29, 1.82) is 0 Å². The van der Waals surface area contributed by atoms with Crippen LogP contribution < -0.4 is 10.1 Å². The number of aromatic nitrogens is 3. The second kappa shape index (κ2) is 12.8. The molecule has 9 nitrogen and oxygen atoms in total. The summed E-state index contributed by atoms with van der Waals surface area (Å²) in [4.78, 5) is 28.0. The van der Waals surface area contributed by atoms with Gasteiger partial charge in [-0.1, -0.05) is 13.3 Å². The first-order chi connectivity index (χ1) is 17.7. The summed E-state index contributed by atoms with van der Waals surface area (Å²) >= 11 is 0. The van der Waals surface area contributed by atoms with E-state index in [1.807, 2.05) is 13.8 Å². The van der Waals surface area contributed by atoms with Gasteiger partial charge in [0.1, 0.15) is 24.0 Å². The Bertz CT molecular complexity index is 1200. The summed E-state index contributed by atoms with van der Waals surface area (Å²) in [5.41, 5.74) is 2.14. The Morgan fingerprint density at radius 1 is 1.16 bits per heavy atom. The van der Waals surface area contributed by atoms with E-state index in [-0.39, 0.29) is 24.8 Å². The van der Waals surface area contributed by atoms with Crippen molar-refractivity contribution in [2.45, 2.75) is 52.4 Å². The van der Waals surface area contributed by atoms with Gasteiger partial charge in [-0.15, -0.1) is 0 Å². The van der Waals surface area contributed by atoms with Gasteiger partial charge in [0.05, 0.1) is 42.3 Å². The third-order valence-electron chi connectivity index (χ3n) is 5.71. The van der Waals surface area contributed by atoms with E-state index in [9.17, 15) is 23.5 Å².